The van der Waals surface area contributed by atoms with E-state index in [1.807, 2.05) is 0 Å². The predicted octanol–water partition coefficient (Wildman–Crippen LogP) is 4.47. The van der Waals surface area contributed by atoms with Crippen molar-refractivity contribution >= 4 is 28.4 Å². The molecule has 10 heteroatoms. The number of nitrogens with one attached hydrogen (secondary N) is 1. The first-order valence-corrected chi connectivity index (χ1v) is 9.04. The third-order valence-corrected chi connectivity index (χ3v) is 4.57. The van der Waals surface area contributed by atoms with Gasteiger partial charge < -0.3 is 15.6 Å². The number of carbonyl (C=O) groups excluding carboxylic acids is 1. The summed E-state index contributed by atoms with van der Waals surface area (Å²) in [5.41, 5.74) is 5.69. The van der Waals surface area contributed by atoms with Gasteiger partial charge in [-0.15, -0.1) is 0 Å². The van der Waals surface area contributed by atoms with Crippen LogP contribution in [0, 0.1) is 5.82 Å². The lowest BCUT2D eigenvalue weighted by molar-refractivity contribution is -0.137. The van der Waals surface area contributed by atoms with Crippen molar-refractivity contribution in [2.24, 2.45) is 0 Å². The molecule has 0 radical (unpaired) electrons. The number of fused-ring (bicyclic) bond motifs is 1. The molecule has 0 aliphatic rings. The summed E-state index contributed by atoms with van der Waals surface area (Å²) in [7, 11) is 0. The van der Waals surface area contributed by atoms with Crippen LogP contribution < -0.4 is 11.1 Å². The summed E-state index contributed by atoms with van der Waals surface area (Å²) in [6.07, 6.45) is -2.52. The van der Waals surface area contributed by atoms with Gasteiger partial charge in [0.1, 0.15) is 23.0 Å². The lowest BCUT2D eigenvalue weighted by atomic mass is 10.2. The molecule has 4 rings (SSSR count). The number of nitrogens with zero attached hydrogens (tertiary/aromatic N) is 3. The first-order valence-electron chi connectivity index (χ1n) is 9.04. The van der Waals surface area contributed by atoms with Gasteiger partial charge in [-0.2, -0.15) is 13.2 Å². The molecule has 0 unspecified atom stereocenters. The quantitative estimate of drug-likeness (QED) is 0.469. The summed E-state index contributed by atoms with van der Waals surface area (Å²) in [5, 5.41) is 2.76. The van der Waals surface area contributed by atoms with Crippen LogP contribution in [0.3, 0.4) is 0 Å². The maximum Gasteiger partial charge on any atom is 0.417 e. The Labute approximate surface area is 173 Å². The maximum absolute atomic E-state index is 13.6. The molecular weight excluding hydrogens is 414 g/mol. The standard InChI is InChI=1S/C21H15F4N5O/c22-15-3-1-2-12(6-15)11-30-17(20(31)29-16-4-5-18(26)27-10-16)8-13-7-14(21(23,24)25)9-28-19(13)30/h1-10H,11H2,(H2,26,27)(H,29,31). The van der Waals surface area contributed by atoms with Gasteiger partial charge in [0.05, 0.1) is 17.4 Å². The minimum Gasteiger partial charge on any atom is -0.384 e. The highest BCUT2D eigenvalue weighted by Crippen LogP contribution is 2.31. The third kappa shape index (κ3) is 4.32. The smallest absolute Gasteiger partial charge is 0.384 e. The molecule has 0 bridgehead atoms. The number of hydrogen-bond donors (Lipinski definition) is 2. The van der Waals surface area contributed by atoms with E-state index in [1.54, 1.807) is 12.1 Å². The Morgan fingerprint density at radius 1 is 1.06 bits per heavy atom. The van der Waals surface area contributed by atoms with Gasteiger partial charge >= 0.3 is 6.18 Å². The van der Waals surface area contributed by atoms with E-state index in [1.165, 1.54) is 41.1 Å². The van der Waals surface area contributed by atoms with E-state index < -0.39 is 23.5 Å². The lowest BCUT2D eigenvalue weighted by Gasteiger charge is -2.11. The molecule has 1 amide bonds. The van der Waals surface area contributed by atoms with E-state index in [4.69, 9.17) is 5.73 Å². The van der Waals surface area contributed by atoms with Crippen molar-refractivity contribution in [3.63, 3.8) is 0 Å². The zero-order valence-corrected chi connectivity index (χ0v) is 15.8. The molecule has 6 nitrogen and oxygen atoms in total. The predicted molar refractivity (Wildman–Crippen MR) is 107 cm³/mol. The Bertz CT molecular complexity index is 1270. The van der Waals surface area contributed by atoms with Gasteiger partial charge in [-0.25, -0.2) is 14.4 Å². The number of pyridine rings is 2. The van der Waals surface area contributed by atoms with E-state index in [0.29, 0.717) is 17.4 Å². The number of halogens is 4. The van der Waals surface area contributed by atoms with Crippen molar-refractivity contribution in [2.75, 3.05) is 11.1 Å². The highest BCUT2D eigenvalue weighted by molar-refractivity contribution is 6.06. The fourth-order valence-electron chi connectivity index (χ4n) is 3.14. The number of carbonyl (C=O) groups is 1. The first kappa shape index (κ1) is 20.3. The van der Waals surface area contributed by atoms with Crippen LogP contribution >= 0.6 is 0 Å². The summed E-state index contributed by atoms with van der Waals surface area (Å²) in [4.78, 5) is 20.7. The van der Waals surface area contributed by atoms with Crippen molar-refractivity contribution < 1.29 is 22.4 Å². The molecule has 0 spiro atoms. The zero-order chi connectivity index (χ0) is 22.2. The summed E-state index contributed by atoms with van der Waals surface area (Å²) >= 11 is 0. The number of anilines is 2. The van der Waals surface area contributed by atoms with Gasteiger partial charge in [-0.3, -0.25) is 4.79 Å². The van der Waals surface area contributed by atoms with E-state index >= 15 is 0 Å². The van der Waals surface area contributed by atoms with E-state index in [0.717, 1.165) is 6.07 Å². The minimum absolute atomic E-state index is 0.0301. The second-order valence-electron chi connectivity index (χ2n) is 6.81. The molecule has 0 fully saturated rings. The molecule has 0 atom stereocenters. The minimum atomic E-state index is -4.58. The largest absolute Gasteiger partial charge is 0.417 e. The van der Waals surface area contributed by atoms with E-state index in [-0.39, 0.29) is 29.1 Å². The molecule has 3 N–H and O–H groups in total. The molecule has 3 aromatic heterocycles. The van der Waals surface area contributed by atoms with E-state index in [2.05, 4.69) is 15.3 Å². The molecule has 0 aliphatic carbocycles. The van der Waals surface area contributed by atoms with Crippen LogP contribution in [0.4, 0.5) is 29.1 Å². The van der Waals surface area contributed by atoms with Crippen molar-refractivity contribution in [1.82, 2.24) is 14.5 Å². The molecule has 1 aromatic carbocycles. The van der Waals surface area contributed by atoms with Crippen molar-refractivity contribution in [2.45, 2.75) is 12.7 Å². The number of nitrogens with two attached hydrogens (primary N) is 1. The third-order valence-electron chi connectivity index (χ3n) is 4.57. The summed E-state index contributed by atoms with van der Waals surface area (Å²) < 4.78 is 54.4. The number of rotatable bonds is 4. The van der Waals surface area contributed by atoms with Crippen LogP contribution in [-0.2, 0) is 12.7 Å². The zero-order valence-electron chi connectivity index (χ0n) is 15.8. The van der Waals surface area contributed by atoms with Crippen LogP contribution in [0.15, 0.2) is 60.9 Å². The number of nitrogen functional groups attached to an aromatic ring is 1. The van der Waals surface area contributed by atoms with Crippen LogP contribution in [0.1, 0.15) is 21.6 Å². The Kier molecular flexibility index (Phi) is 5.05. The number of aromatic nitrogens is 3. The monoisotopic (exact) mass is 429 g/mol. The van der Waals surface area contributed by atoms with Crippen LogP contribution in [0.25, 0.3) is 11.0 Å². The molecule has 4 aromatic rings. The topological polar surface area (TPSA) is 85.8 Å². The SMILES string of the molecule is Nc1ccc(NC(=O)c2cc3cc(C(F)(F)F)cnc3n2Cc2cccc(F)c2)cn1. The molecule has 0 saturated carbocycles. The molecule has 0 aliphatic heterocycles. The second kappa shape index (κ2) is 7.71. The lowest BCUT2D eigenvalue weighted by Crippen LogP contribution is -2.18. The summed E-state index contributed by atoms with van der Waals surface area (Å²) in [6.45, 7) is 0.0301. The Hall–Kier alpha value is -3.95. The van der Waals surface area contributed by atoms with Gasteiger partial charge in [0.15, 0.2) is 0 Å². The van der Waals surface area contributed by atoms with Crippen molar-refractivity contribution in [3.05, 3.63) is 83.6 Å². The van der Waals surface area contributed by atoms with Crippen LogP contribution in [0.2, 0.25) is 0 Å². The number of benzene rings is 1. The average Bonchev–Trinajstić information content (AvgIpc) is 3.07. The molecule has 0 saturated heterocycles. The number of hydrogen-bond acceptors (Lipinski definition) is 4. The normalized spacial score (nSPS) is 11.6. The number of amides is 1. The maximum atomic E-state index is 13.6. The van der Waals surface area contributed by atoms with Gasteiger partial charge in [-0.05, 0) is 42.0 Å². The highest BCUT2D eigenvalue weighted by atomic mass is 19.4. The highest BCUT2D eigenvalue weighted by Gasteiger charge is 2.32. The molecule has 3 heterocycles. The fraction of sp³-hybridized carbons (Fsp3) is 0.0952. The van der Waals surface area contributed by atoms with Crippen LogP contribution in [0.5, 0.6) is 0 Å². The van der Waals surface area contributed by atoms with E-state index in [9.17, 15) is 22.4 Å². The molecular formula is C21H15F4N5O. The average molecular weight is 429 g/mol. The Morgan fingerprint density at radius 3 is 2.55 bits per heavy atom. The van der Waals surface area contributed by atoms with Gasteiger partial charge in [0.25, 0.3) is 5.91 Å². The summed E-state index contributed by atoms with van der Waals surface area (Å²) in [5.74, 6) is -0.795. The summed E-state index contributed by atoms with van der Waals surface area (Å²) in [6, 6.07) is 11.0. The van der Waals surface area contributed by atoms with Crippen molar-refractivity contribution in [3.8, 4) is 0 Å². The number of alkyl halides is 3. The second-order valence-corrected chi connectivity index (χ2v) is 6.81. The molecule has 31 heavy (non-hydrogen) atoms. The van der Waals surface area contributed by atoms with Crippen LogP contribution in [-0.4, -0.2) is 20.4 Å². The van der Waals surface area contributed by atoms with Crippen molar-refractivity contribution in [1.29, 1.82) is 0 Å². The van der Waals surface area contributed by atoms with Gasteiger partial charge in [-0.1, -0.05) is 12.1 Å². The Balaban J connectivity index is 1.79. The first-order chi connectivity index (χ1) is 14.7. The van der Waals surface area contributed by atoms with Gasteiger partial charge in [0.2, 0.25) is 0 Å². The fourth-order valence-corrected chi connectivity index (χ4v) is 3.14. The molecule has 158 valence electrons. The Morgan fingerprint density at radius 2 is 1.87 bits per heavy atom. The van der Waals surface area contributed by atoms with Gasteiger partial charge in [0, 0.05) is 18.1 Å².